The largest absolute Gasteiger partial charge is 0.481 e. The average Bonchev–Trinajstić information content (AvgIpc) is 2.95. The van der Waals surface area contributed by atoms with Crippen molar-refractivity contribution in [2.45, 2.75) is 43.3 Å². The van der Waals surface area contributed by atoms with E-state index in [1.807, 2.05) is 6.26 Å². The maximum absolute atomic E-state index is 12.4. The van der Waals surface area contributed by atoms with E-state index in [0.29, 0.717) is 25.9 Å². The summed E-state index contributed by atoms with van der Waals surface area (Å²) in [6.45, 7) is 0.924. The molecular formula is C13H24N2O4S2. The van der Waals surface area contributed by atoms with Gasteiger partial charge >= 0.3 is 5.97 Å². The molecule has 0 aromatic heterocycles. The van der Waals surface area contributed by atoms with Crippen LogP contribution in [-0.2, 0) is 15.0 Å². The van der Waals surface area contributed by atoms with Crippen molar-refractivity contribution in [1.29, 1.82) is 0 Å². The Bertz CT molecular complexity index is 475. The van der Waals surface area contributed by atoms with Crippen LogP contribution in [0.25, 0.3) is 0 Å². The van der Waals surface area contributed by atoms with Crippen LogP contribution in [0.3, 0.4) is 0 Å². The minimum Gasteiger partial charge on any atom is -0.481 e. The summed E-state index contributed by atoms with van der Waals surface area (Å²) in [5.41, 5.74) is 0. The summed E-state index contributed by atoms with van der Waals surface area (Å²) < 4.78 is 28.8. The van der Waals surface area contributed by atoms with Crippen LogP contribution in [0.15, 0.2) is 0 Å². The van der Waals surface area contributed by atoms with Gasteiger partial charge < -0.3 is 5.11 Å². The highest BCUT2D eigenvalue weighted by atomic mass is 32.2. The van der Waals surface area contributed by atoms with Crippen molar-refractivity contribution in [3.63, 3.8) is 0 Å². The Hall–Kier alpha value is -0.310. The summed E-state index contributed by atoms with van der Waals surface area (Å²) in [6, 6.07) is 0. The molecule has 0 amide bonds. The summed E-state index contributed by atoms with van der Waals surface area (Å²) in [4.78, 5) is 11.0. The lowest BCUT2D eigenvalue weighted by atomic mass is 10.0. The summed E-state index contributed by atoms with van der Waals surface area (Å²) >= 11 is 1.73. The molecule has 1 aliphatic heterocycles. The average molecular weight is 336 g/mol. The summed E-state index contributed by atoms with van der Waals surface area (Å²) in [5, 5.41) is 9.06. The van der Waals surface area contributed by atoms with Crippen LogP contribution in [0.5, 0.6) is 0 Å². The van der Waals surface area contributed by atoms with Gasteiger partial charge in [0.05, 0.1) is 5.92 Å². The molecule has 2 fully saturated rings. The molecule has 1 saturated heterocycles. The predicted octanol–water partition coefficient (Wildman–Crippen LogP) is 1.29. The van der Waals surface area contributed by atoms with Gasteiger partial charge in [-0.2, -0.15) is 24.5 Å². The van der Waals surface area contributed by atoms with Gasteiger partial charge in [-0.15, -0.1) is 0 Å². The summed E-state index contributed by atoms with van der Waals surface area (Å²) in [7, 11) is -3.58. The number of carboxylic acids is 1. The molecule has 0 radical (unpaired) electrons. The Balaban J connectivity index is 1.96. The van der Waals surface area contributed by atoms with Gasteiger partial charge in [-0.3, -0.25) is 4.79 Å². The lowest BCUT2D eigenvalue weighted by Gasteiger charge is -2.32. The fourth-order valence-electron chi connectivity index (χ4n) is 3.15. The molecule has 2 aliphatic rings. The Labute approximate surface area is 130 Å². The fraction of sp³-hybridized carbons (Fsp3) is 0.923. The number of hydrogen-bond donors (Lipinski definition) is 2. The van der Waals surface area contributed by atoms with E-state index < -0.39 is 22.1 Å². The highest BCUT2D eigenvalue weighted by Crippen LogP contribution is 2.39. The first-order valence-electron chi connectivity index (χ1n) is 7.41. The Morgan fingerprint density at radius 3 is 2.62 bits per heavy atom. The van der Waals surface area contributed by atoms with Gasteiger partial charge in [-0.1, -0.05) is 12.8 Å². The van der Waals surface area contributed by atoms with E-state index in [2.05, 4.69) is 4.72 Å². The first-order valence-corrected chi connectivity index (χ1v) is 10.1. The molecule has 1 heterocycles. The van der Waals surface area contributed by atoms with E-state index in [9.17, 15) is 13.2 Å². The Morgan fingerprint density at radius 1 is 1.38 bits per heavy atom. The molecule has 2 N–H and O–H groups in total. The zero-order valence-corrected chi connectivity index (χ0v) is 14.0. The third kappa shape index (κ3) is 4.12. The van der Waals surface area contributed by atoms with E-state index in [1.54, 1.807) is 11.8 Å². The van der Waals surface area contributed by atoms with E-state index in [1.165, 1.54) is 4.31 Å². The minimum atomic E-state index is -3.58. The lowest BCUT2D eigenvalue weighted by Crippen LogP contribution is -2.50. The topological polar surface area (TPSA) is 86.7 Å². The van der Waals surface area contributed by atoms with Crippen molar-refractivity contribution >= 4 is 27.9 Å². The van der Waals surface area contributed by atoms with Crippen molar-refractivity contribution in [1.82, 2.24) is 9.03 Å². The van der Waals surface area contributed by atoms with Gasteiger partial charge in [-0.25, -0.2) is 4.72 Å². The van der Waals surface area contributed by atoms with E-state index in [4.69, 9.17) is 5.11 Å². The summed E-state index contributed by atoms with van der Waals surface area (Å²) in [5.74, 6) is -1.50. The first-order chi connectivity index (χ1) is 9.88. The van der Waals surface area contributed by atoms with Crippen molar-refractivity contribution in [3.05, 3.63) is 0 Å². The molecular weight excluding hydrogens is 312 g/mol. The van der Waals surface area contributed by atoms with Crippen molar-refractivity contribution < 1.29 is 18.3 Å². The molecule has 0 bridgehead atoms. The number of nitrogens with zero attached hydrogens (tertiary/aromatic N) is 1. The molecule has 0 aromatic rings. The fourth-order valence-corrected chi connectivity index (χ4v) is 5.54. The SMILES string of the molecule is CSC1(CNS(=O)(=O)N2CCCC(C(=O)O)C2)CCCC1. The molecule has 1 unspecified atom stereocenters. The number of nitrogens with one attached hydrogen (secondary N) is 1. The van der Waals surface area contributed by atoms with Gasteiger partial charge in [0.2, 0.25) is 0 Å². The van der Waals surface area contributed by atoms with Crippen LogP contribution in [0, 0.1) is 5.92 Å². The smallest absolute Gasteiger partial charge is 0.307 e. The molecule has 6 nitrogen and oxygen atoms in total. The highest BCUT2D eigenvalue weighted by Gasteiger charge is 2.37. The molecule has 0 spiro atoms. The van der Waals surface area contributed by atoms with E-state index in [0.717, 1.165) is 25.7 Å². The molecule has 2 rings (SSSR count). The number of piperidine rings is 1. The normalized spacial score (nSPS) is 26.8. The van der Waals surface area contributed by atoms with Crippen LogP contribution >= 0.6 is 11.8 Å². The Morgan fingerprint density at radius 2 is 2.05 bits per heavy atom. The number of aliphatic carboxylic acids is 1. The lowest BCUT2D eigenvalue weighted by molar-refractivity contribution is -0.142. The van der Waals surface area contributed by atoms with Gasteiger partial charge in [0.25, 0.3) is 10.2 Å². The quantitative estimate of drug-likeness (QED) is 0.763. The second-order valence-corrected chi connectivity index (χ2v) is 8.99. The second-order valence-electron chi connectivity index (χ2n) is 5.96. The van der Waals surface area contributed by atoms with Gasteiger partial charge in [0, 0.05) is 24.4 Å². The number of thioether (sulfide) groups is 1. The van der Waals surface area contributed by atoms with Crippen LogP contribution in [-0.4, -0.2) is 54.4 Å². The number of hydrogen-bond acceptors (Lipinski definition) is 4. The maximum atomic E-state index is 12.4. The second kappa shape index (κ2) is 6.85. The molecule has 8 heteroatoms. The van der Waals surface area contributed by atoms with Gasteiger partial charge in [0.15, 0.2) is 0 Å². The van der Waals surface area contributed by atoms with Crippen LogP contribution in [0.4, 0.5) is 0 Å². The molecule has 0 aromatic carbocycles. The van der Waals surface area contributed by atoms with Crippen LogP contribution < -0.4 is 4.72 Å². The standard InChI is InChI=1S/C13H24N2O4S2/c1-20-13(6-2-3-7-13)10-14-21(18,19)15-8-4-5-11(9-15)12(16)17/h11,14H,2-10H2,1H3,(H,16,17). The van der Waals surface area contributed by atoms with Crippen molar-refractivity contribution in [2.24, 2.45) is 5.92 Å². The zero-order chi connectivity index (χ0) is 15.5. The number of carboxylic acid groups (broad SMARTS) is 1. The Kier molecular flexibility index (Phi) is 5.56. The third-order valence-electron chi connectivity index (χ3n) is 4.60. The maximum Gasteiger partial charge on any atom is 0.307 e. The number of carbonyl (C=O) groups is 1. The number of rotatable bonds is 6. The monoisotopic (exact) mass is 336 g/mol. The van der Waals surface area contributed by atoms with Gasteiger partial charge in [-0.05, 0) is 31.9 Å². The predicted molar refractivity (Wildman–Crippen MR) is 83.6 cm³/mol. The van der Waals surface area contributed by atoms with E-state index >= 15 is 0 Å². The third-order valence-corrected chi connectivity index (χ3v) is 7.54. The van der Waals surface area contributed by atoms with Crippen LogP contribution in [0.2, 0.25) is 0 Å². The molecule has 1 saturated carbocycles. The zero-order valence-electron chi connectivity index (χ0n) is 12.4. The van der Waals surface area contributed by atoms with Crippen molar-refractivity contribution in [2.75, 3.05) is 25.9 Å². The molecule has 21 heavy (non-hydrogen) atoms. The molecule has 122 valence electrons. The molecule has 1 atom stereocenters. The van der Waals surface area contributed by atoms with Gasteiger partial charge in [0.1, 0.15) is 0 Å². The van der Waals surface area contributed by atoms with Crippen molar-refractivity contribution in [3.8, 4) is 0 Å². The first kappa shape index (κ1) is 17.1. The summed E-state index contributed by atoms with van der Waals surface area (Å²) in [6.07, 6.45) is 7.55. The minimum absolute atomic E-state index is 0.00898. The van der Waals surface area contributed by atoms with Crippen LogP contribution in [0.1, 0.15) is 38.5 Å². The highest BCUT2D eigenvalue weighted by molar-refractivity contribution is 8.00. The van der Waals surface area contributed by atoms with E-state index in [-0.39, 0.29) is 11.3 Å². The molecule has 1 aliphatic carbocycles.